The van der Waals surface area contributed by atoms with Crippen molar-refractivity contribution in [2.24, 2.45) is 0 Å². The lowest BCUT2D eigenvalue weighted by Crippen LogP contribution is -2.46. The molecular weight excluding hydrogens is 270 g/mol. The van der Waals surface area contributed by atoms with E-state index in [9.17, 15) is 13.2 Å². The Bertz CT molecular complexity index is 560. The quantitative estimate of drug-likeness (QED) is 0.855. The van der Waals surface area contributed by atoms with Crippen molar-refractivity contribution in [1.29, 1.82) is 0 Å². The number of sulfone groups is 1. The number of hydrogen-bond donors (Lipinski definition) is 1. The van der Waals surface area contributed by atoms with Gasteiger partial charge in [-0.25, -0.2) is 8.42 Å². The van der Waals surface area contributed by atoms with Crippen molar-refractivity contribution in [2.45, 2.75) is 18.9 Å². The van der Waals surface area contributed by atoms with E-state index < -0.39 is 15.4 Å². The van der Waals surface area contributed by atoms with E-state index in [0.717, 1.165) is 4.88 Å². The van der Waals surface area contributed by atoms with Crippen molar-refractivity contribution in [2.75, 3.05) is 11.5 Å². The van der Waals surface area contributed by atoms with Gasteiger partial charge >= 0.3 is 0 Å². The lowest BCUT2D eigenvalue weighted by molar-refractivity contribution is -0.117. The van der Waals surface area contributed by atoms with Gasteiger partial charge in [0.1, 0.15) is 0 Å². The minimum absolute atomic E-state index is 0.0264. The monoisotopic (exact) mass is 285 g/mol. The molecule has 6 heteroatoms. The molecule has 1 aliphatic rings. The van der Waals surface area contributed by atoms with Crippen LogP contribution in [0.4, 0.5) is 0 Å². The maximum absolute atomic E-state index is 11.7. The first kappa shape index (κ1) is 13.3. The molecule has 1 aliphatic heterocycles. The van der Waals surface area contributed by atoms with Crippen molar-refractivity contribution in [3.63, 3.8) is 0 Å². The van der Waals surface area contributed by atoms with E-state index in [1.165, 1.54) is 6.08 Å². The third-order valence-electron chi connectivity index (χ3n) is 2.87. The van der Waals surface area contributed by atoms with Gasteiger partial charge in [0.05, 0.1) is 17.0 Å². The van der Waals surface area contributed by atoms with Gasteiger partial charge < -0.3 is 5.32 Å². The van der Waals surface area contributed by atoms with E-state index in [1.807, 2.05) is 17.5 Å². The smallest absolute Gasteiger partial charge is 0.244 e. The van der Waals surface area contributed by atoms with Crippen LogP contribution in [0.15, 0.2) is 23.6 Å². The Morgan fingerprint density at radius 2 is 2.33 bits per heavy atom. The van der Waals surface area contributed by atoms with Crippen LogP contribution in [-0.4, -0.2) is 31.4 Å². The van der Waals surface area contributed by atoms with E-state index >= 15 is 0 Å². The Labute approximate surface area is 111 Å². The second-order valence-electron chi connectivity index (χ2n) is 4.74. The molecule has 0 radical (unpaired) electrons. The molecule has 1 aromatic rings. The first-order chi connectivity index (χ1) is 8.39. The Morgan fingerprint density at radius 3 is 2.89 bits per heavy atom. The van der Waals surface area contributed by atoms with Gasteiger partial charge in [0.2, 0.25) is 5.91 Å². The molecule has 1 N–H and O–H groups in total. The van der Waals surface area contributed by atoms with Crippen LogP contribution in [0.2, 0.25) is 0 Å². The molecule has 1 aromatic heterocycles. The first-order valence-electron chi connectivity index (χ1n) is 5.63. The summed E-state index contributed by atoms with van der Waals surface area (Å²) in [7, 11) is -2.99. The summed E-state index contributed by atoms with van der Waals surface area (Å²) < 4.78 is 22.8. The van der Waals surface area contributed by atoms with Crippen LogP contribution in [0, 0.1) is 0 Å². The molecular formula is C12H15NO3S2. The summed E-state index contributed by atoms with van der Waals surface area (Å²) in [6.45, 7) is 1.77. The number of nitrogens with one attached hydrogen (secondary N) is 1. The van der Waals surface area contributed by atoms with Crippen molar-refractivity contribution in [3.05, 3.63) is 28.5 Å². The predicted octanol–water partition coefficient (Wildman–Crippen LogP) is 1.45. The van der Waals surface area contributed by atoms with Gasteiger partial charge in [-0.15, -0.1) is 11.3 Å². The molecule has 1 atom stereocenters. The molecule has 1 unspecified atom stereocenters. The van der Waals surface area contributed by atoms with E-state index in [-0.39, 0.29) is 17.4 Å². The largest absolute Gasteiger partial charge is 0.346 e. The fraction of sp³-hybridized carbons (Fsp3) is 0.417. The van der Waals surface area contributed by atoms with Crippen LogP contribution >= 0.6 is 11.3 Å². The SMILES string of the molecule is CC1(NC(=O)/C=C/c2cccs2)CCS(=O)(=O)C1. The number of carbonyl (C=O) groups is 1. The molecule has 0 aliphatic carbocycles. The fourth-order valence-corrected chi connectivity index (χ4v) is 4.70. The van der Waals surface area contributed by atoms with Gasteiger partial charge in [-0.1, -0.05) is 6.07 Å². The summed E-state index contributed by atoms with van der Waals surface area (Å²) in [5.41, 5.74) is -0.629. The highest BCUT2D eigenvalue weighted by Crippen LogP contribution is 2.22. The van der Waals surface area contributed by atoms with Crippen LogP contribution < -0.4 is 5.32 Å². The highest BCUT2D eigenvalue weighted by molar-refractivity contribution is 7.91. The Hall–Kier alpha value is -1.14. The van der Waals surface area contributed by atoms with Gasteiger partial charge in [-0.3, -0.25) is 4.79 Å². The number of rotatable bonds is 3. The van der Waals surface area contributed by atoms with Gasteiger partial charge in [-0.05, 0) is 30.9 Å². The topological polar surface area (TPSA) is 63.2 Å². The van der Waals surface area contributed by atoms with E-state index in [1.54, 1.807) is 24.3 Å². The lowest BCUT2D eigenvalue weighted by Gasteiger charge is -2.22. The third-order valence-corrected chi connectivity index (χ3v) is 5.61. The molecule has 2 rings (SSSR count). The summed E-state index contributed by atoms with van der Waals surface area (Å²) in [4.78, 5) is 12.7. The van der Waals surface area contributed by atoms with Crippen LogP contribution in [0.3, 0.4) is 0 Å². The lowest BCUT2D eigenvalue weighted by atomic mass is 10.0. The zero-order valence-electron chi connectivity index (χ0n) is 10.0. The highest BCUT2D eigenvalue weighted by atomic mass is 32.2. The number of thiophene rings is 1. The van der Waals surface area contributed by atoms with Gasteiger partial charge in [0, 0.05) is 11.0 Å². The molecule has 0 bridgehead atoms. The fourth-order valence-electron chi connectivity index (χ4n) is 1.99. The minimum atomic E-state index is -2.99. The molecule has 0 aromatic carbocycles. The van der Waals surface area contributed by atoms with E-state index in [2.05, 4.69) is 5.32 Å². The van der Waals surface area contributed by atoms with E-state index in [0.29, 0.717) is 6.42 Å². The average molecular weight is 285 g/mol. The van der Waals surface area contributed by atoms with Crippen LogP contribution in [0.25, 0.3) is 6.08 Å². The van der Waals surface area contributed by atoms with Crippen LogP contribution in [-0.2, 0) is 14.6 Å². The van der Waals surface area contributed by atoms with Crippen molar-refractivity contribution in [3.8, 4) is 0 Å². The zero-order chi connectivity index (χ0) is 13.2. The molecule has 2 heterocycles. The molecule has 1 amide bonds. The van der Waals surface area contributed by atoms with Gasteiger partial charge in [0.15, 0.2) is 9.84 Å². The number of amides is 1. The summed E-state index contributed by atoms with van der Waals surface area (Å²) in [6.07, 6.45) is 3.66. The van der Waals surface area contributed by atoms with Crippen LogP contribution in [0.5, 0.6) is 0 Å². The maximum atomic E-state index is 11.7. The van der Waals surface area contributed by atoms with Crippen molar-refractivity contribution in [1.82, 2.24) is 5.32 Å². The molecule has 1 saturated heterocycles. The van der Waals surface area contributed by atoms with Gasteiger partial charge in [-0.2, -0.15) is 0 Å². The Morgan fingerprint density at radius 1 is 1.56 bits per heavy atom. The van der Waals surface area contributed by atoms with Crippen LogP contribution in [0.1, 0.15) is 18.2 Å². The average Bonchev–Trinajstić information content (AvgIpc) is 2.84. The predicted molar refractivity (Wildman–Crippen MR) is 73.2 cm³/mol. The second kappa shape index (κ2) is 4.85. The highest BCUT2D eigenvalue weighted by Gasteiger charge is 2.38. The summed E-state index contributed by atoms with van der Waals surface area (Å²) in [5, 5.41) is 4.71. The van der Waals surface area contributed by atoms with E-state index in [4.69, 9.17) is 0 Å². The standard InChI is InChI=1S/C12H15NO3S2/c1-12(6-8-18(15,16)9-12)13-11(14)5-4-10-3-2-7-17-10/h2-5,7H,6,8-9H2,1H3,(H,13,14)/b5-4+. The molecule has 0 saturated carbocycles. The molecule has 4 nitrogen and oxygen atoms in total. The summed E-state index contributed by atoms with van der Waals surface area (Å²) in [5.74, 6) is -0.0696. The van der Waals surface area contributed by atoms with Crippen molar-refractivity contribution < 1.29 is 13.2 Å². The molecule has 18 heavy (non-hydrogen) atoms. The second-order valence-corrected chi connectivity index (χ2v) is 7.90. The normalized spacial score (nSPS) is 26.5. The van der Waals surface area contributed by atoms with Crippen molar-refractivity contribution >= 4 is 33.2 Å². The minimum Gasteiger partial charge on any atom is -0.346 e. The maximum Gasteiger partial charge on any atom is 0.244 e. The molecule has 1 fully saturated rings. The Kier molecular flexibility index (Phi) is 3.59. The summed E-state index contributed by atoms with van der Waals surface area (Å²) >= 11 is 1.54. The molecule has 98 valence electrons. The Balaban J connectivity index is 1.96. The summed E-state index contributed by atoms with van der Waals surface area (Å²) in [6, 6.07) is 3.82. The first-order valence-corrected chi connectivity index (χ1v) is 8.33. The number of carbonyl (C=O) groups excluding carboxylic acids is 1. The molecule has 0 spiro atoms. The number of hydrogen-bond acceptors (Lipinski definition) is 4. The zero-order valence-corrected chi connectivity index (χ0v) is 11.7. The van der Waals surface area contributed by atoms with Gasteiger partial charge in [0.25, 0.3) is 0 Å². The third kappa shape index (κ3) is 3.43.